The van der Waals surface area contributed by atoms with E-state index in [-0.39, 0.29) is 27.3 Å². The molecule has 2 aromatic carbocycles. The first-order valence-electron chi connectivity index (χ1n) is 10.4. The Balaban J connectivity index is 1.71. The van der Waals surface area contributed by atoms with Crippen LogP contribution in [0.1, 0.15) is 39.4 Å². The predicted octanol–water partition coefficient (Wildman–Crippen LogP) is 5.87. The van der Waals surface area contributed by atoms with Gasteiger partial charge in [-0.05, 0) is 49.7 Å². The second kappa shape index (κ2) is 10.4. The van der Waals surface area contributed by atoms with Gasteiger partial charge in [0.05, 0.1) is 32.1 Å². The predicted molar refractivity (Wildman–Crippen MR) is 139 cm³/mol. The molecule has 0 radical (unpaired) electrons. The number of hydrogen-bond acceptors (Lipinski definition) is 6. The minimum atomic E-state index is -3.92. The number of halogens is 3. The van der Waals surface area contributed by atoms with E-state index in [9.17, 15) is 13.2 Å². The number of rotatable bonds is 8. The van der Waals surface area contributed by atoms with Crippen LogP contribution < -0.4 is 4.72 Å². The molecular formula is C23H19Cl3N4O3S2. The highest BCUT2D eigenvalue weighted by atomic mass is 35.5. The van der Waals surface area contributed by atoms with Crippen LogP contribution in [0.5, 0.6) is 0 Å². The average molecular weight is 570 g/mol. The Labute approximate surface area is 221 Å². The molecule has 0 unspecified atom stereocenters. The molecular weight excluding hydrogens is 551 g/mol. The van der Waals surface area contributed by atoms with E-state index in [0.717, 1.165) is 4.88 Å². The fourth-order valence-corrected chi connectivity index (χ4v) is 6.15. The standard InChI is InChI=1S/C23H19Cl3N4O3S2/c1-3-14-10-17(22(31)16-6-4-5-7-18(16)24)23(34-14)30-13(2)28-29-21(30)12-27-35(32,33)15-8-9-19(25)20(26)11-15/h4-11,27H,3,12H2,1-2H3. The van der Waals surface area contributed by atoms with Crippen molar-refractivity contribution in [1.82, 2.24) is 19.5 Å². The van der Waals surface area contributed by atoms with Crippen LogP contribution in [0.3, 0.4) is 0 Å². The smallest absolute Gasteiger partial charge is 0.241 e. The molecule has 0 amide bonds. The largest absolute Gasteiger partial charge is 0.288 e. The van der Waals surface area contributed by atoms with Gasteiger partial charge in [-0.3, -0.25) is 9.36 Å². The maximum absolute atomic E-state index is 13.4. The van der Waals surface area contributed by atoms with Crippen LogP contribution in [0.15, 0.2) is 53.4 Å². The quantitative estimate of drug-likeness (QED) is 0.268. The summed E-state index contributed by atoms with van der Waals surface area (Å²) in [6.07, 6.45) is 0.716. The van der Waals surface area contributed by atoms with Crippen molar-refractivity contribution in [3.8, 4) is 5.00 Å². The molecule has 0 atom stereocenters. The molecule has 2 aromatic heterocycles. The van der Waals surface area contributed by atoms with Crippen LogP contribution >= 0.6 is 46.1 Å². The lowest BCUT2D eigenvalue weighted by molar-refractivity contribution is 0.103. The van der Waals surface area contributed by atoms with Gasteiger partial charge in [-0.1, -0.05) is 53.9 Å². The molecule has 0 saturated carbocycles. The van der Waals surface area contributed by atoms with Crippen LogP contribution in [-0.4, -0.2) is 29.0 Å². The van der Waals surface area contributed by atoms with E-state index in [1.165, 1.54) is 29.5 Å². The summed E-state index contributed by atoms with van der Waals surface area (Å²) in [5.74, 6) is 0.590. The first kappa shape index (κ1) is 25.8. The number of benzene rings is 2. The zero-order valence-electron chi connectivity index (χ0n) is 18.5. The summed E-state index contributed by atoms with van der Waals surface area (Å²) in [4.78, 5) is 14.4. The van der Waals surface area contributed by atoms with Gasteiger partial charge in [0.1, 0.15) is 10.8 Å². The lowest BCUT2D eigenvalue weighted by Crippen LogP contribution is -2.25. The van der Waals surface area contributed by atoms with Crippen molar-refractivity contribution in [2.24, 2.45) is 0 Å². The number of sulfonamides is 1. The second-order valence-electron chi connectivity index (χ2n) is 7.49. The number of aromatic nitrogens is 3. The van der Waals surface area contributed by atoms with E-state index in [1.54, 1.807) is 35.8 Å². The summed E-state index contributed by atoms with van der Waals surface area (Å²) in [5, 5.41) is 9.60. The SMILES string of the molecule is CCc1cc(C(=O)c2ccccc2Cl)c(-n2c(C)nnc2CNS(=O)(=O)c2ccc(Cl)c(Cl)c2)s1. The highest BCUT2D eigenvalue weighted by Crippen LogP contribution is 2.32. The van der Waals surface area contributed by atoms with Gasteiger partial charge >= 0.3 is 0 Å². The van der Waals surface area contributed by atoms with Crippen molar-refractivity contribution in [3.05, 3.63) is 91.3 Å². The number of carbonyl (C=O) groups is 1. The lowest BCUT2D eigenvalue weighted by atomic mass is 10.0. The Bertz CT molecular complexity index is 1530. The summed E-state index contributed by atoms with van der Waals surface area (Å²) in [6, 6.07) is 12.7. The summed E-state index contributed by atoms with van der Waals surface area (Å²) >= 11 is 19.6. The van der Waals surface area contributed by atoms with Crippen molar-refractivity contribution in [2.45, 2.75) is 31.7 Å². The van der Waals surface area contributed by atoms with E-state index in [2.05, 4.69) is 14.9 Å². The van der Waals surface area contributed by atoms with Gasteiger partial charge in [0.2, 0.25) is 10.0 Å². The molecule has 0 fully saturated rings. The molecule has 4 rings (SSSR count). The normalized spacial score (nSPS) is 11.7. The number of nitrogens with one attached hydrogen (secondary N) is 1. The third-order valence-electron chi connectivity index (χ3n) is 5.19. The van der Waals surface area contributed by atoms with Crippen LogP contribution in [0.25, 0.3) is 5.00 Å². The van der Waals surface area contributed by atoms with E-state index in [4.69, 9.17) is 34.8 Å². The molecule has 35 heavy (non-hydrogen) atoms. The van der Waals surface area contributed by atoms with Gasteiger partial charge in [-0.25, -0.2) is 13.1 Å². The minimum absolute atomic E-state index is 0.0336. The van der Waals surface area contributed by atoms with Crippen LogP contribution in [0.4, 0.5) is 0 Å². The van der Waals surface area contributed by atoms with E-state index in [1.807, 2.05) is 13.0 Å². The molecule has 0 aliphatic carbocycles. The Morgan fingerprint density at radius 1 is 1.00 bits per heavy atom. The van der Waals surface area contributed by atoms with Crippen LogP contribution in [-0.2, 0) is 23.0 Å². The fourth-order valence-electron chi connectivity index (χ4n) is 3.40. The molecule has 1 N–H and O–H groups in total. The number of aryl methyl sites for hydroxylation is 2. The van der Waals surface area contributed by atoms with Gasteiger partial charge in [0.25, 0.3) is 0 Å². The fraction of sp³-hybridized carbons (Fsp3) is 0.174. The van der Waals surface area contributed by atoms with Gasteiger partial charge in [0, 0.05) is 10.4 Å². The van der Waals surface area contributed by atoms with E-state index >= 15 is 0 Å². The maximum atomic E-state index is 13.4. The van der Waals surface area contributed by atoms with Crippen LogP contribution in [0.2, 0.25) is 15.1 Å². The Morgan fingerprint density at radius 3 is 2.43 bits per heavy atom. The van der Waals surface area contributed by atoms with Crippen molar-refractivity contribution in [1.29, 1.82) is 0 Å². The molecule has 0 aliphatic heterocycles. The number of carbonyl (C=O) groups excluding carboxylic acids is 1. The topological polar surface area (TPSA) is 93.9 Å². The van der Waals surface area contributed by atoms with Gasteiger partial charge in [-0.2, -0.15) is 0 Å². The number of hydrogen-bond donors (Lipinski definition) is 1. The summed E-state index contributed by atoms with van der Waals surface area (Å²) < 4.78 is 29.9. The van der Waals surface area contributed by atoms with Crippen LogP contribution in [0, 0.1) is 6.92 Å². The van der Waals surface area contributed by atoms with E-state index in [0.29, 0.717) is 39.2 Å². The van der Waals surface area contributed by atoms with Crippen molar-refractivity contribution in [3.63, 3.8) is 0 Å². The zero-order chi connectivity index (χ0) is 25.3. The monoisotopic (exact) mass is 568 g/mol. The van der Waals surface area contributed by atoms with Gasteiger partial charge in [-0.15, -0.1) is 21.5 Å². The molecule has 0 bridgehead atoms. The van der Waals surface area contributed by atoms with Gasteiger partial charge < -0.3 is 0 Å². The first-order chi connectivity index (χ1) is 16.6. The summed E-state index contributed by atoms with van der Waals surface area (Å²) in [5.41, 5.74) is 0.819. The maximum Gasteiger partial charge on any atom is 0.241 e. The number of nitrogens with zero attached hydrogens (tertiary/aromatic N) is 3. The molecule has 182 valence electrons. The molecule has 4 aromatic rings. The average Bonchev–Trinajstić information content (AvgIpc) is 3.42. The Kier molecular flexibility index (Phi) is 7.65. The molecule has 12 heteroatoms. The van der Waals surface area contributed by atoms with E-state index < -0.39 is 10.0 Å². The minimum Gasteiger partial charge on any atom is -0.288 e. The zero-order valence-corrected chi connectivity index (χ0v) is 22.5. The molecule has 0 spiro atoms. The summed E-state index contributed by atoms with van der Waals surface area (Å²) in [6.45, 7) is 3.56. The second-order valence-corrected chi connectivity index (χ2v) is 11.6. The third kappa shape index (κ3) is 5.30. The molecule has 0 aliphatic rings. The third-order valence-corrected chi connectivity index (χ3v) is 8.92. The molecule has 7 nitrogen and oxygen atoms in total. The summed E-state index contributed by atoms with van der Waals surface area (Å²) in [7, 11) is -3.92. The van der Waals surface area contributed by atoms with Crippen molar-refractivity contribution in [2.75, 3.05) is 0 Å². The highest BCUT2D eigenvalue weighted by Gasteiger charge is 2.25. The van der Waals surface area contributed by atoms with Crippen molar-refractivity contribution >= 4 is 61.9 Å². The molecule has 0 saturated heterocycles. The van der Waals surface area contributed by atoms with Crippen molar-refractivity contribution < 1.29 is 13.2 Å². The lowest BCUT2D eigenvalue weighted by Gasteiger charge is -2.11. The number of thiophene rings is 1. The Morgan fingerprint density at radius 2 is 1.74 bits per heavy atom. The number of ketones is 1. The first-order valence-corrected chi connectivity index (χ1v) is 13.8. The Hall–Kier alpha value is -2.27. The molecule has 2 heterocycles. The van der Waals surface area contributed by atoms with Gasteiger partial charge in [0.15, 0.2) is 11.6 Å². The highest BCUT2D eigenvalue weighted by molar-refractivity contribution is 7.89.